The minimum Gasteiger partial charge on any atom is -0.353 e. The zero-order valence-electron chi connectivity index (χ0n) is 16.3. The molecule has 29 heavy (non-hydrogen) atoms. The highest BCUT2D eigenvalue weighted by atomic mass is 32.1. The quantitative estimate of drug-likeness (QED) is 0.770. The first-order valence-electron chi connectivity index (χ1n) is 9.39. The van der Waals surface area contributed by atoms with Crippen LogP contribution >= 0.6 is 11.3 Å². The van der Waals surface area contributed by atoms with Crippen LogP contribution in [0.3, 0.4) is 0 Å². The van der Waals surface area contributed by atoms with E-state index in [1.54, 1.807) is 36.9 Å². The molecule has 2 heterocycles. The van der Waals surface area contributed by atoms with Gasteiger partial charge in [-0.25, -0.2) is 0 Å². The third-order valence-electron chi connectivity index (χ3n) is 5.22. The maximum atomic E-state index is 13.0. The Morgan fingerprint density at radius 3 is 2.55 bits per heavy atom. The maximum absolute atomic E-state index is 13.0. The fourth-order valence-electron chi connectivity index (χ4n) is 3.47. The molecule has 1 saturated heterocycles. The fraction of sp³-hybridized carbons (Fsp3) is 0.429. The van der Waals surface area contributed by atoms with Crippen molar-refractivity contribution in [1.29, 1.82) is 0 Å². The second kappa shape index (κ2) is 8.18. The summed E-state index contributed by atoms with van der Waals surface area (Å²) in [6, 6.07) is 8.13. The van der Waals surface area contributed by atoms with E-state index in [4.69, 9.17) is 0 Å². The largest absolute Gasteiger partial charge is 0.416 e. The molecule has 1 aromatic carbocycles. The number of hydrogen-bond acceptors (Lipinski definition) is 3. The van der Waals surface area contributed by atoms with E-state index in [0.29, 0.717) is 23.4 Å². The van der Waals surface area contributed by atoms with Gasteiger partial charge in [-0.3, -0.25) is 9.59 Å². The van der Waals surface area contributed by atoms with Gasteiger partial charge < -0.3 is 10.2 Å². The van der Waals surface area contributed by atoms with Crippen molar-refractivity contribution in [1.82, 2.24) is 10.2 Å². The van der Waals surface area contributed by atoms with Crippen LogP contribution in [0.1, 0.15) is 47.5 Å². The molecule has 1 aliphatic rings. The van der Waals surface area contributed by atoms with Crippen molar-refractivity contribution < 1.29 is 22.8 Å². The molecular formula is C21H23F3N2O2S. The zero-order chi connectivity index (χ0) is 21.2. The summed E-state index contributed by atoms with van der Waals surface area (Å²) in [5.74, 6) is -0.428. The van der Waals surface area contributed by atoms with E-state index in [1.807, 2.05) is 5.38 Å². The van der Waals surface area contributed by atoms with Crippen molar-refractivity contribution in [3.05, 3.63) is 57.8 Å². The number of rotatable bonds is 5. The van der Waals surface area contributed by atoms with Gasteiger partial charge in [-0.15, -0.1) is 11.3 Å². The van der Waals surface area contributed by atoms with Crippen molar-refractivity contribution >= 4 is 23.2 Å². The van der Waals surface area contributed by atoms with Crippen LogP contribution in [-0.2, 0) is 16.4 Å². The fourth-order valence-corrected chi connectivity index (χ4v) is 4.15. The first kappa shape index (κ1) is 21.4. The summed E-state index contributed by atoms with van der Waals surface area (Å²) in [7, 11) is 0. The Morgan fingerprint density at radius 2 is 1.90 bits per heavy atom. The minimum atomic E-state index is -4.41. The van der Waals surface area contributed by atoms with Crippen molar-refractivity contribution in [2.45, 2.75) is 44.3 Å². The van der Waals surface area contributed by atoms with Crippen LogP contribution in [0.2, 0.25) is 0 Å². The van der Waals surface area contributed by atoms with E-state index < -0.39 is 23.2 Å². The van der Waals surface area contributed by atoms with Crippen LogP contribution in [0.5, 0.6) is 0 Å². The second-order valence-corrected chi connectivity index (χ2v) is 8.76. The summed E-state index contributed by atoms with van der Waals surface area (Å²) in [6.07, 6.45) is -3.10. The molecule has 2 aromatic rings. The Kier molecular flexibility index (Phi) is 6.03. The van der Waals surface area contributed by atoms with E-state index in [-0.39, 0.29) is 18.4 Å². The predicted molar refractivity (Wildman–Crippen MR) is 106 cm³/mol. The molecule has 1 aliphatic heterocycles. The van der Waals surface area contributed by atoms with Crippen LogP contribution in [0.15, 0.2) is 41.8 Å². The molecule has 0 bridgehead atoms. The number of halogens is 3. The number of likely N-dealkylation sites (tertiary alicyclic amines) is 1. The lowest BCUT2D eigenvalue weighted by molar-refractivity contribution is -0.137. The van der Waals surface area contributed by atoms with Gasteiger partial charge in [-0.2, -0.15) is 13.2 Å². The van der Waals surface area contributed by atoms with Crippen LogP contribution in [0, 0.1) is 0 Å². The molecule has 0 spiro atoms. The number of benzene rings is 1. The summed E-state index contributed by atoms with van der Waals surface area (Å²) >= 11 is 1.33. The van der Waals surface area contributed by atoms with E-state index in [9.17, 15) is 22.8 Å². The number of carbonyl (C=O) groups is 2. The van der Waals surface area contributed by atoms with Crippen molar-refractivity contribution in [3.63, 3.8) is 0 Å². The molecule has 0 radical (unpaired) electrons. The second-order valence-electron chi connectivity index (χ2n) is 7.81. The first-order chi connectivity index (χ1) is 13.6. The van der Waals surface area contributed by atoms with Gasteiger partial charge in [0, 0.05) is 18.5 Å². The lowest BCUT2D eigenvalue weighted by Crippen LogP contribution is -2.48. The van der Waals surface area contributed by atoms with Crippen LogP contribution in [0.25, 0.3) is 0 Å². The third kappa shape index (κ3) is 4.80. The Balaban J connectivity index is 1.67. The first-order valence-corrected chi connectivity index (χ1v) is 10.3. The third-order valence-corrected chi connectivity index (χ3v) is 6.08. The summed E-state index contributed by atoms with van der Waals surface area (Å²) in [5.41, 5.74) is -0.915. The molecule has 4 nitrogen and oxygen atoms in total. The molecule has 8 heteroatoms. The number of carbonyl (C=O) groups excluding carboxylic acids is 2. The van der Waals surface area contributed by atoms with Crippen molar-refractivity contribution in [2.75, 3.05) is 13.1 Å². The molecule has 1 aromatic heterocycles. The minimum absolute atomic E-state index is 0.158. The average Bonchev–Trinajstić information content (AvgIpc) is 3.37. The van der Waals surface area contributed by atoms with E-state index in [1.165, 1.54) is 17.4 Å². The topological polar surface area (TPSA) is 49.4 Å². The normalized spacial score (nSPS) is 17.4. The predicted octanol–water partition coefficient (Wildman–Crippen LogP) is 4.47. The summed E-state index contributed by atoms with van der Waals surface area (Å²) in [4.78, 5) is 27.6. The molecule has 3 rings (SSSR count). The molecule has 0 unspecified atom stereocenters. The lowest BCUT2D eigenvalue weighted by atomic mass is 9.83. The zero-order valence-corrected chi connectivity index (χ0v) is 17.1. The number of thiophene rings is 1. The highest BCUT2D eigenvalue weighted by molar-refractivity contribution is 7.12. The smallest absolute Gasteiger partial charge is 0.353 e. The number of amides is 2. The van der Waals surface area contributed by atoms with Gasteiger partial charge in [0.1, 0.15) is 6.04 Å². The van der Waals surface area contributed by atoms with Gasteiger partial charge in [-0.1, -0.05) is 38.1 Å². The van der Waals surface area contributed by atoms with E-state index in [2.05, 4.69) is 5.32 Å². The number of hydrogen-bond donors (Lipinski definition) is 1. The Bertz CT molecular complexity index is 878. The number of nitrogens with one attached hydrogen (secondary N) is 1. The van der Waals surface area contributed by atoms with Gasteiger partial charge in [0.2, 0.25) is 5.91 Å². The number of alkyl halides is 3. The Labute approximate surface area is 171 Å². The highest BCUT2D eigenvalue weighted by Crippen LogP contribution is 2.32. The molecule has 156 valence electrons. The van der Waals surface area contributed by atoms with Gasteiger partial charge in [-0.05, 0) is 35.9 Å². The van der Waals surface area contributed by atoms with Gasteiger partial charge in [0.15, 0.2) is 0 Å². The van der Waals surface area contributed by atoms with Crippen LogP contribution in [-0.4, -0.2) is 35.8 Å². The maximum Gasteiger partial charge on any atom is 0.416 e. The Hall–Kier alpha value is -2.35. The average molecular weight is 424 g/mol. The van der Waals surface area contributed by atoms with Crippen LogP contribution in [0.4, 0.5) is 13.2 Å². The van der Waals surface area contributed by atoms with Gasteiger partial charge in [0.25, 0.3) is 5.91 Å². The van der Waals surface area contributed by atoms with Crippen molar-refractivity contribution in [3.8, 4) is 0 Å². The lowest BCUT2D eigenvalue weighted by Gasteiger charge is -2.29. The van der Waals surface area contributed by atoms with Crippen molar-refractivity contribution in [2.24, 2.45) is 0 Å². The summed E-state index contributed by atoms with van der Waals surface area (Å²) in [5, 5.41) is 4.66. The Morgan fingerprint density at radius 1 is 1.17 bits per heavy atom. The van der Waals surface area contributed by atoms with Gasteiger partial charge in [0.05, 0.1) is 10.4 Å². The SMILES string of the molecule is CC(C)(CNC(=O)[C@@H]1CCCN1C(=O)c1cccs1)c1cccc(C(F)(F)F)c1. The standard InChI is InChI=1S/C21H23F3N2O2S/c1-20(2,14-6-3-7-15(12-14)21(22,23)24)13-25-18(27)16-8-4-10-26(16)19(28)17-9-5-11-29-17/h3,5-7,9,11-12,16H,4,8,10,13H2,1-2H3,(H,25,27)/t16-/m0/s1. The molecule has 1 fully saturated rings. The summed E-state index contributed by atoms with van der Waals surface area (Å²) in [6.45, 7) is 4.26. The molecule has 1 atom stereocenters. The molecule has 0 aliphatic carbocycles. The molecule has 2 amide bonds. The van der Waals surface area contributed by atoms with Gasteiger partial charge >= 0.3 is 6.18 Å². The van der Waals surface area contributed by atoms with E-state index >= 15 is 0 Å². The molecular weight excluding hydrogens is 401 g/mol. The monoisotopic (exact) mass is 424 g/mol. The van der Waals surface area contributed by atoms with Crippen LogP contribution < -0.4 is 5.32 Å². The highest BCUT2D eigenvalue weighted by Gasteiger charge is 2.36. The number of nitrogens with zero attached hydrogens (tertiary/aromatic N) is 1. The van der Waals surface area contributed by atoms with E-state index in [0.717, 1.165) is 18.6 Å². The molecule has 0 saturated carbocycles. The summed E-state index contributed by atoms with van der Waals surface area (Å²) < 4.78 is 39.0. The molecule has 1 N–H and O–H groups in total.